The molecule has 0 atom stereocenters. The Morgan fingerprint density at radius 1 is 1.25 bits per heavy atom. The van der Waals surface area contributed by atoms with Crippen LogP contribution in [-0.4, -0.2) is 40.0 Å². The minimum absolute atomic E-state index is 0.661. The Balaban J connectivity index is 2.84. The summed E-state index contributed by atoms with van der Waals surface area (Å²) in [5.74, 6) is 5.71. The molecule has 0 bridgehead atoms. The SMILES string of the molecule is CC#CCNCCOCCOC. The average Bonchev–Trinajstić information content (AvgIpc) is 2.10. The molecule has 0 aromatic rings. The zero-order valence-corrected chi connectivity index (χ0v) is 7.85. The van der Waals surface area contributed by atoms with Crippen LogP contribution in [-0.2, 0) is 9.47 Å². The summed E-state index contributed by atoms with van der Waals surface area (Å²) in [6.45, 7) is 5.46. The molecule has 0 unspecified atom stereocenters. The van der Waals surface area contributed by atoms with Crippen molar-refractivity contribution in [1.29, 1.82) is 0 Å². The normalized spacial score (nSPS) is 9.17. The minimum Gasteiger partial charge on any atom is -0.382 e. The summed E-state index contributed by atoms with van der Waals surface area (Å²) in [5, 5.41) is 3.12. The van der Waals surface area contributed by atoms with E-state index in [9.17, 15) is 0 Å². The van der Waals surface area contributed by atoms with Crippen LogP contribution in [0.1, 0.15) is 6.92 Å². The highest BCUT2D eigenvalue weighted by Crippen LogP contribution is 1.73. The van der Waals surface area contributed by atoms with Gasteiger partial charge in [-0.05, 0) is 6.92 Å². The lowest BCUT2D eigenvalue weighted by Crippen LogP contribution is -2.20. The summed E-state index contributed by atoms with van der Waals surface area (Å²) in [7, 11) is 1.67. The lowest BCUT2D eigenvalue weighted by molar-refractivity contribution is 0.0723. The Morgan fingerprint density at radius 3 is 2.75 bits per heavy atom. The minimum atomic E-state index is 0.661. The Hall–Kier alpha value is -0.560. The van der Waals surface area contributed by atoms with Crippen LogP contribution in [0.2, 0.25) is 0 Å². The van der Waals surface area contributed by atoms with Crippen molar-refractivity contribution in [3.05, 3.63) is 0 Å². The van der Waals surface area contributed by atoms with Crippen LogP contribution < -0.4 is 5.32 Å². The molecule has 0 aliphatic carbocycles. The molecule has 0 heterocycles. The number of ether oxygens (including phenoxy) is 2. The lowest BCUT2D eigenvalue weighted by atomic mass is 10.5. The van der Waals surface area contributed by atoms with Gasteiger partial charge in [-0.2, -0.15) is 0 Å². The Kier molecular flexibility index (Phi) is 9.95. The average molecular weight is 171 g/mol. The maximum absolute atomic E-state index is 5.22. The second kappa shape index (κ2) is 10.4. The molecule has 0 rings (SSSR count). The fraction of sp³-hybridized carbons (Fsp3) is 0.778. The first-order valence-corrected chi connectivity index (χ1v) is 4.08. The number of nitrogens with one attached hydrogen (secondary N) is 1. The van der Waals surface area contributed by atoms with E-state index in [1.54, 1.807) is 7.11 Å². The van der Waals surface area contributed by atoms with Crippen LogP contribution in [0.15, 0.2) is 0 Å². The van der Waals surface area contributed by atoms with E-state index in [0.717, 1.165) is 19.7 Å². The first-order chi connectivity index (χ1) is 5.91. The van der Waals surface area contributed by atoms with Gasteiger partial charge in [0.05, 0.1) is 26.4 Å². The molecule has 0 radical (unpaired) electrons. The molecule has 0 saturated carbocycles. The smallest absolute Gasteiger partial charge is 0.0700 e. The van der Waals surface area contributed by atoms with Crippen molar-refractivity contribution in [2.24, 2.45) is 0 Å². The van der Waals surface area contributed by atoms with Gasteiger partial charge in [-0.1, -0.05) is 5.92 Å². The Bertz CT molecular complexity index is 137. The van der Waals surface area contributed by atoms with Crippen molar-refractivity contribution >= 4 is 0 Å². The van der Waals surface area contributed by atoms with Crippen LogP contribution in [0, 0.1) is 11.8 Å². The highest BCUT2D eigenvalue weighted by Gasteiger charge is 1.86. The molecular weight excluding hydrogens is 154 g/mol. The molecule has 0 aromatic carbocycles. The van der Waals surface area contributed by atoms with Crippen LogP contribution in [0.4, 0.5) is 0 Å². The van der Waals surface area contributed by atoms with Gasteiger partial charge in [-0.3, -0.25) is 0 Å². The zero-order chi connectivity index (χ0) is 9.07. The van der Waals surface area contributed by atoms with Crippen LogP contribution in [0.25, 0.3) is 0 Å². The summed E-state index contributed by atoms with van der Waals surface area (Å²) in [5.41, 5.74) is 0. The molecule has 0 fully saturated rings. The van der Waals surface area contributed by atoms with Crippen molar-refractivity contribution < 1.29 is 9.47 Å². The second-order valence-electron chi connectivity index (χ2n) is 2.21. The summed E-state index contributed by atoms with van der Waals surface area (Å²) in [4.78, 5) is 0. The van der Waals surface area contributed by atoms with Crippen molar-refractivity contribution in [2.75, 3.05) is 40.0 Å². The highest BCUT2D eigenvalue weighted by atomic mass is 16.5. The monoisotopic (exact) mass is 171 g/mol. The Labute approximate surface area is 74.4 Å². The molecule has 3 nitrogen and oxygen atoms in total. The predicted octanol–water partition coefficient (Wildman–Crippen LogP) is 0.262. The third kappa shape index (κ3) is 9.44. The first kappa shape index (κ1) is 11.4. The van der Waals surface area contributed by atoms with E-state index in [1.807, 2.05) is 6.92 Å². The van der Waals surface area contributed by atoms with Gasteiger partial charge in [0, 0.05) is 13.7 Å². The summed E-state index contributed by atoms with van der Waals surface area (Å²) in [6, 6.07) is 0. The van der Waals surface area contributed by atoms with E-state index >= 15 is 0 Å². The maximum Gasteiger partial charge on any atom is 0.0700 e. The maximum atomic E-state index is 5.22. The summed E-state index contributed by atoms with van der Waals surface area (Å²) < 4.78 is 10.0. The lowest BCUT2D eigenvalue weighted by Gasteiger charge is -2.02. The summed E-state index contributed by atoms with van der Waals surface area (Å²) in [6.07, 6.45) is 0. The molecule has 3 heteroatoms. The number of methoxy groups -OCH3 is 1. The van der Waals surface area contributed by atoms with Gasteiger partial charge in [-0.15, -0.1) is 5.92 Å². The number of hydrogen-bond donors (Lipinski definition) is 1. The molecular formula is C9H17NO2. The molecule has 0 aromatic heterocycles. The molecule has 1 N–H and O–H groups in total. The van der Waals surface area contributed by atoms with Gasteiger partial charge in [0.15, 0.2) is 0 Å². The van der Waals surface area contributed by atoms with Crippen LogP contribution >= 0.6 is 0 Å². The van der Waals surface area contributed by atoms with Crippen LogP contribution in [0.3, 0.4) is 0 Å². The third-order valence-corrected chi connectivity index (χ3v) is 1.25. The molecule has 0 aliphatic heterocycles. The number of rotatable bonds is 7. The quantitative estimate of drug-likeness (QED) is 0.440. The topological polar surface area (TPSA) is 30.5 Å². The molecule has 70 valence electrons. The van der Waals surface area contributed by atoms with Crippen molar-refractivity contribution in [1.82, 2.24) is 5.32 Å². The van der Waals surface area contributed by atoms with Gasteiger partial charge in [0.25, 0.3) is 0 Å². The van der Waals surface area contributed by atoms with Gasteiger partial charge in [-0.25, -0.2) is 0 Å². The van der Waals surface area contributed by atoms with Crippen molar-refractivity contribution in [3.8, 4) is 11.8 Å². The largest absolute Gasteiger partial charge is 0.382 e. The highest BCUT2D eigenvalue weighted by molar-refractivity contribution is 4.96. The molecule has 12 heavy (non-hydrogen) atoms. The van der Waals surface area contributed by atoms with Gasteiger partial charge in [0.2, 0.25) is 0 Å². The van der Waals surface area contributed by atoms with Gasteiger partial charge >= 0.3 is 0 Å². The van der Waals surface area contributed by atoms with Crippen molar-refractivity contribution in [2.45, 2.75) is 6.92 Å². The molecule has 0 spiro atoms. The van der Waals surface area contributed by atoms with Gasteiger partial charge in [0.1, 0.15) is 0 Å². The number of hydrogen-bond acceptors (Lipinski definition) is 3. The van der Waals surface area contributed by atoms with E-state index in [-0.39, 0.29) is 0 Å². The van der Waals surface area contributed by atoms with E-state index in [2.05, 4.69) is 17.2 Å². The second-order valence-corrected chi connectivity index (χ2v) is 2.21. The van der Waals surface area contributed by atoms with Crippen molar-refractivity contribution in [3.63, 3.8) is 0 Å². The van der Waals surface area contributed by atoms with Crippen LogP contribution in [0.5, 0.6) is 0 Å². The zero-order valence-electron chi connectivity index (χ0n) is 7.85. The molecule has 0 amide bonds. The third-order valence-electron chi connectivity index (χ3n) is 1.25. The molecule has 0 aliphatic rings. The van der Waals surface area contributed by atoms with E-state index in [0.29, 0.717) is 13.2 Å². The standard InChI is InChI=1S/C9H17NO2/c1-3-4-5-10-6-7-12-9-8-11-2/h10H,5-9H2,1-2H3. The fourth-order valence-electron chi connectivity index (χ4n) is 0.628. The van der Waals surface area contributed by atoms with E-state index in [4.69, 9.17) is 9.47 Å². The van der Waals surface area contributed by atoms with E-state index < -0.39 is 0 Å². The Morgan fingerprint density at radius 2 is 2.08 bits per heavy atom. The van der Waals surface area contributed by atoms with E-state index in [1.165, 1.54) is 0 Å². The summed E-state index contributed by atoms with van der Waals surface area (Å²) >= 11 is 0. The first-order valence-electron chi connectivity index (χ1n) is 4.08. The predicted molar refractivity (Wildman–Crippen MR) is 49.0 cm³/mol. The fourth-order valence-corrected chi connectivity index (χ4v) is 0.628. The van der Waals surface area contributed by atoms with Gasteiger partial charge < -0.3 is 14.8 Å². The molecule has 0 saturated heterocycles.